The molecule has 0 heterocycles. The Morgan fingerprint density at radius 3 is 2.22 bits per heavy atom. The van der Waals surface area contributed by atoms with Crippen molar-refractivity contribution >= 4 is 28.6 Å². The summed E-state index contributed by atoms with van der Waals surface area (Å²) in [4.78, 5) is 45.0. The summed E-state index contributed by atoms with van der Waals surface area (Å²) in [5.41, 5.74) is 4.06. The lowest BCUT2D eigenvalue weighted by Gasteiger charge is -2.36. The molecular weight excluding hydrogens is 524 g/mol. The highest BCUT2D eigenvalue weighted by molar-refractivity contribution is 5.89. The first-order valence-corrected chi connectivity index (χ1v) is 13.8. The van der Waals surface area contributed by atoms with E-state index >= 15 is 0 Å². The minimum atomic E-state index is -0.876. The normalized spacial score (nSPS) is 12.5. The van der Waals surface area contributed by atoms with E-state index in [2.05, 4.69) is 16.1 Å². The van der Waals surface area contributed by atoms with E-state index in [-0.39, 0.29) is 12.5 Å². The lowest BCUT2D eigenvalue weighted by molar-refractivity contribution is -0.179. The van der Waals surface area contributed by atoms with E-state index < -0.39 is 36.9 Å². The first-order valence-electron chi connectivity index (χ1n) is 13.8. The number of fused-ring (bicyclic) bond motifs is 1. The van der Waals surface area contributed by atoms with Crippen molar-refractivity contribution in [2.75, 3.05) is 19.8 Å². The zero-order valence-corrected chi connectivity index (χ0v) is 24.1. The Hall–Kier alpha value is -3.99. The second-order valence-electron chi connectivity index (χ2n) is 9.47. The van der Waals surface area contributed by atoms with E-state index in [1.54, 1.807) is 11.8 Å². The zero-order chi connectivity index (χ0) is 29.6. The molecule has 0 fully saturated rings. The summed E-state index contributed by atoms with van der Waals surface area (Å²) >= 11 is 0. The lowest BCUT2D eigenvalue weighted by atomic mass is 10.0. The van der Waals surface area contributed by atoms with E-state index in [9.17, 15) is 14.4 Å². The number of nitrogens with one attached hydrogen (secondary N) is 3. The van der Waals surface area contributed by atoms with Crippen molar-refractivity contribution in [2.45, 2.75) is 59.2 Å². The number of urea groups is 1. The molecule has 4 amide bonds. The summed E-state index contributed by atoms with van der Waals surface area (Å²) in [6.45, 7) is 8.19. The molecule has 3 rings (SSSR count). The SMILES string of the molecule is CCOC(OCC)[C@H](C)N(Cc1cccc2ccccc12)C(=O)[C@H](C)NC(=O)CONC(=O)NCc1ccccc1. The van der Waals surface area contributed by atoms with Crippen LogP contribution < -0.4 is 16.1 Å². The predicted octanol–water partition coefficient (Wildman–Crippen LogP) is 3.89. The number of nitrogens with zero attached hydrogens (tertiary/aromatic N) is 1. The maximum absolute atomic E-state index is 13.8. The average Bonchev–Trinajstić information content (AvgIpc) is 2.98. The predicted molar refractivity (Wildman–Crippen MR) is 156 cm³/mol. The van der Waals surface area contributed by atoms with Gasteiger partial charge in [0.1, 0.15) is 6.04 Å². The second kappa shape index (κ2) is 16.3. The number of hydroxylamine groups is 1. The van der Waals surface area contributed by atoms with Gasteiger partial charge in [-0.2, -0.15) is 0 Å². The van der Waals surface area contributed by atoms with E-state index in [0.717, 1.165) is 21.9 Å². The van der Waals surface area contributed by atoms with Crippen LogP contribution in [0.15, 0.2) is 72.8 Å². The van der Waals surface area contributed by atoms with Crippen molar-refractivity contribution in [1.29, 1.82) is 0 Å². The van der Waals surface area contributed by atoms with Crippen LogP contribution in [0.1, 0.15) is 38.8 Å². The molecule has 10 nitrogen and oxygen atoms in total. The minimum Gasteiger partial charge on any atom is -0.351 e. The summed E-state index contributed by atoms with van der Waals surface area (Å²) in [5, 5.41) is 7.40. The molecule has 0 aliphatic rings. The fourth-order valence-corrected chi connectivity index (χ4v) is 4.41. The lowest BCUT2D eigenvalue weighted by Crippen LogP contribution is -2.54. The van der Waals surface area contributed by atoms with Gasteiger partial charge in [0.15, 0.2) is 12.9 Å². The number of hydrogen-bond acceptors (Lipinski definition) is 6. The Kier molecular flexibility index (Phi) is 12.6. The van der Waals surface area contributed by atoms with Crippen LogP contribution in [0.4, 0.5) is 4.79 Å². The molecule has 0 aliphatic carbocycles. The number of carbonyl (C=O) groups excluding carboxylic acids is 3. The molecule has 0 radical (unpaired) electrons. The molecule has 10 heteroatoms. The van der Waals surface area contributed by atoms with Crippen LogP contribution in [0.3, 0.4) is 0 Å². The van der Waals surface area contributed by atoms with Crippen LogP contribution in [-0.2, 0) is 37.0 Å². The van der Waals surface area contributed by atoms with Gasteiger partial charge in [-0.15, -0.1) is 0 Å². The van der Waals surface area contributed by atoms with Gasteiger partial charge in [0, 0.05) is 26.3 Å². The van der Waals surface area contributed by atoms with Crippen LogP contribution in [0.25, 0.3) is 10.8 Å². The Morgan fingerprint density at radius 1 is 0.854 bits per heavy atom. The van der Waals surface area contributed by atoms with Gasteiger partial charge < -0.3 is 25.0 Å². The summed E-state index contributed by atoms with van der Waals surface area (Å²) in [5.74, 6) is -0.866. The third-order valence-electron chi connectivity index (χ3n) is 6.46. The molecule has 220 valence electrons. The summed E-state index contributed by atoms with van der Waals surface area (Å²) < 4.78 is 11.6. The minimum absolute atomic E-state index is 0.290. The maximum atomic E-state index is 13.8. The Balaban J connectivity index is 1.63. The van der Waals surface area contributed by atoms with Crippen LogP contribution in [0, 0.1) is 0 Å². The number of hydrogen-bond donors (Lipinski definition) is 3. The quantitative estimate of drug-likeness (QED) is 0.190. The fraction of sp³-hybridized carbons (Fsp3) is 0.387. The fourth-order valence-electron chi connectivity index (χ4n) is 4.41. The molecule has 0 saturated carbocycles. The van der Waals surface area contributed by atoms with E-state index in [0.29, 0.717) is 19.8 Å². The second-order valence-corrected chi connectivity index (χ2v) is 9.47. The highest BCUT2D eigenvalue weighted by Gasteiger charge is 2.32. The van der Waals surface area contributed by atoms with Crippen molar-refractivity contribution in [2.24, 2.45) is 0 Å². The largest absolute Gasteiger partial charge is 0.351 e. The monoisotopic (exact) mass is 564 g/mol. The van der Waals surface area contributed by atoms with Gasteiger partial charge in [-0.25, -0.2) is 10.3 Å². The van der Waals surface area contributed by atoms with Gasteiger partial charge in [-0.1, -0.05) is 72.8 Å². The van der Waals surface area contributed by atoms with Crippen LogP contribution in [0.5, 0.6) is 0 Å². The zero-order valence-electron chi connectivity index (χ0n) is 24.1. The molecule has 0 aromatic heterocycles. The third kappa shape index (κ3) is 9.56. The molecule has 41 heavy (non-hydrogen) atoms. The number of amides is 4. The molecule has 3 aromatic carbocycles. The molecule has 0 aliphatic heterocycles. The molecule has 2 atom stereocenters. The highest BCUT2D eigenvalue weighted by Crippen LogP contribution is 2.23. The van der Waals surface area contributed by atoms with Crippen LogP contribution >= 0.6 is 0 Å². The number of rotatable bonds is 15. The molecule has 3 aromatic rings. The molecular formula is C31H40N4O6. The van der Waals surface area contributed by atoms with Crippen molar-refractivity contribution in [3.05, 3.63) is 83.9 Å². The third-order valence-corrected chi connectivity index (χ3v) is 6.46. The number of ether oxygens (including phenoxy) is 2. The van der Waals surface area contributed by atoms with Gasteiger partial charge >= 0.3 is 6.03 Å². The Morgan fingerprint density at radius 2 is 1.51 bits per heavy atom. The van der Waals surface area contributed by atoms with Crippen LogP contribution in [0.2, 0.25) is 0 Å². The van der Waals surface area contributed by atoms with Crippen molar-refractivity contribution in [3.8, 4) is 0 Å². The van der Waals surface area contributed by atoms with E-state index in [4.69, 9.17) is 14.3 Å². The average molecular weight is 565 g/mol. The topological polar surface area (TPSA) is 118 Å². The number of benzene rings is 3. The molecule has 0 unspecified atom stereocenters. The van der Waals surface area contributed by atoms with Crippen molar-refractivity contribution < 1.29 is 28.7 Å². The summed E-state index contributed by atoms with van der Waals surface area (Å²) in [7, 11) is 0. The van der Waals surface area contributed by atoms with Crippen LogP contribution in [-0.4, -0.2) is 60.9 Å². The van der Waals surface area contributed by atoms with Crippen molar-refractivity contribution in [3.63, 3.8) is 0 Å². The standard InChI is InChI=1S/C31H40N4O6/c1-5-39-30(40-6-2)23(4)35(20-26-17-12-16-25-15-10-11-18-27(25)26)29(37)22(3)33-28(36)21-41-34-31(38)32-19-24-13-8-7-9-14-24/h7-18,22-23,30H,5-6,19-21H2,1-4H3,(H,33,36)(H2,32,34,38)/t22-,23-/m0/s1. The Labute approximate surface area is 241 Å². The van der Waals surface area contributed by atoms with Gasteiger partial charge in [0.05, 0.1) is 6.04 Å². The first-order chi connectivity index (χ1) is 19.8. The first kappa shape index (κ1) is 31.5. The van der Waals surface area contributed by atoms with Gasteiger partial charge in [-0.3, -0.25) is 14.4 Å². The molecule has 0 saturated heterocycles. The Bertz CT molecular complexity index is 1260. The molecule has 0 bridgehead atoms. The number of carbonyl (C=O) groups is 3. The van der Waals surface area contributed by atoms with E-state index in [1.165, 1.54) is 0 Å². The van der Waals surface area contributed by atoms with Gasteiger partial charge in [-0.05, 0) is 49.6 Å². The summed E-state index contributed by atoms with van der Waals surface area (Å²) in [6, 6.07) is 21.4. The molecule has 0 spiro atoms. The van der Waals surface area contributed by atoms with E-state index in [1.807, 2.05) is 93.6 Å². The van der Waals surface area contributed by atoms with Gasteiger partial charge in [0.2, 0.25) is 11.8 Å². The van der Waals surface area contributed by atoms with Crippen molar-refractivity contribution in [1.82, 2.24) is 21.0 Å². The summed E-state index contributed by atoms with van der Waals surface area (Å²) in [6.07, 6.45) is -0.645. The van der Waals surface area contributed by atoms with Gasteiger partial charge in [0.25, 0.3) is 0 Å². The highest BCUT2D eigenvalue weighted by atomic mass is 16.7. The smallest absolute Gasteiger partial charge is 0.338 e. The maximum Gasteiger partial charge on any atom is 0.338 e. The molecule has 3 N–H and O–H groups in total.